The van der Waals surface area contributed by atoms with Gasteiger partial charge in [0.2, 0.25) is 0 Å². The van der Waals surface area contributed by atoms with Crippen LogP contribution in [-0.4, -0.2) is 71.8 Å². The molecule has 1 saturated carbocycles. The Morgan fingerprint density at radius 1 is 1.22 bits per heavy atom. The summed E-state index contributed by atoms with van der Waals surface area (Å²) < 4.78 is 19.8. The van der Waals surface area contributed by atoms with Crippen molar-refractivity contribution in [2.75, 3.05) is 39.8 Å². The van der Waals surface area contributed by atoms with Crippen molar-refractivity contribution in [3.63, 3.8) is 0 Å². The second kappa shape index (κ2) is 15.7. The van der Waals surface area contributed by atoms with Gasteiger partial charge in [0, 0.05) is 49.8 Å². The quantitative estimate of drug-likeness (QED) is 0.282. The number of thioether (sulfide) groups is 1. The van der Waals surface area contributed by atoms with E-state index in [9.17, 15) is 18.8 Å². The Labute approximate surface area is 230 Å². The number of carbonyl (C=O) groups excluding carboxylic acids is 3. The fourth-order valence-corrected chi connectivity index (χ4v) is 5.28. The smallest absolute Gasteiger partial charge is 0.307 e. The first-order valence-electron chi connectivity index (χ1n) is 12.0. The predicted octanol–water partition coefficient (Wildman–Crippen LogP) is 4.85. The minimum atomic E-state index is -0.609. The van der Waals surface area contributed by atoms with Crippen LogP contribution >= 0.6 is 36.6 Å². The molecular weight excluding hydrogens is 526 g/mol. The number of carbonyl (C=O) groups is 3. The molecule has 2 atom stereocenters. The van der Waals surface area contributed by atoms with Crippen molar-refractivity contribution in [1.29, 1.82) is 0 Å². The van der Waals surface area contributed by atoms with Gasteiger partial charge in [-0.1, -0.05) is 36.0 Å². The average Bonchev–Trinajstić information content (AvgIpc) is 3.64. The third kappa shape index (κ3) is 9.45. The number of halogens is 3. The molecule has 0 aromatic heterocycles. The lowest BCUT2D eigenvalue weighted by Crippen LogP contribution is -2.43. The summed E-state index contributed by atoms with van der Waals surface area (Å²) in [6.07, 6.45) is 4.86. The molecule has 1 saturated heterocycles. The third-order valence-electron chi connectivity index (χ3n) is 6.27. The first-order valence-corrected chi connectivity index (χ1v) is 12.9. The number of benzene rings is 1. The summed E-state index contributed by atoms with van der Waals surface area (Å²) in [6.45, 7) is 6.03. The molecule has 2 unspecified atom stereocenters. The summed E-state index contributed by atoms with van der Waals surface area (Å²) in [5.74, 6) is -0.475. The zero-order valence-electron chi connectivity index (χ0n) is 21.1. The number of hydrogen-bond donors (Lipinski definition) is 0. The summed E-state index contributed by atoms with van der Waals surface area (Å²) >= 11 is 1.31. The largest absolute Gasteiger partial charge is 0.466 e. The molecule has 10 heteroatoms. The molecule has 0 N–H and O–H groups in total. The van der Waals surface area contributed by atoms with Crippen LogP contribution in [0.15, 0.2) is 35.9 Å². The minimum Gasteiger partial charge on any atom is -0.466 e. The first-order chi connectivity index (χ1) is 16.3. The molecule has 6 nitrogen and oxygen atoms in total. The standard InChI is InChI=1S/C26H35FN2O4S.2ClH/c1-4-33-24(31)13-15-28(3)14-11-20-17-29(16-12-23(20)34-18(2)30)25(26(32)19-9-10-19)21-7-5-6-8-22(21)27;;/h5-8,11,19,23,25H,4,9-10,12-17H2,1-3H3;2*1H. The number of nitrogens with zero attached hydrogens (tertiary/aromatic N) is 2. The predicted molar refractivity (Wildman–Crippen MR) is 146 cm³/mol. The first kappa shape index (κ1) is 32.6. The van der Waals surface area contributed by atoms with Crippen molar-refractivity contribution in [2.24, 2.45) is 5.92 Å². The highest BCUT2D eigenvalue weighted by molar-refractivity contribution is 8.14. The molecule has 1 aliphatic heterocycles. The third-order valence-corrected chi connectivity index (χ3v) is 7.42. The van der Waals surface area contributed by atoms with Gasteiger partial charge in [-0.3, -0.25) is 19.3 Å². The van der Waals surface area contributed by atoms with Gasteiger partial charge in [0.25, 0.3) is 0 Å². The van der Waals surface area contributed by atoms with Crippen molar-refractivity contribution in [2.45, 2.75) is 50.8 Å². The number of ether oxygens (including phenoxy) is 1. The zero-order valence-corrected chi connectivity index (χ0v) is 23.6. The molecule has 0 radical (unpaired) electrons. The summed E-state index contributed by atoms with van der Waals surface area (Å²) in [6, 6.07) is 5.94. The molecule has 1 aromatic carbocycles. The van der Waals surface area contributed by atoms with Gasteiger partial charge >= 0.3 is 5.97 Å². The van der Waals surface area contributed by atoms with Crippen LogP contribution in [0.4, 0.5) is 4.39 Å². The summed E-state index contributed by atoms with van der Waals surface area (Å²) in [7, 11) is 1.93. The van der Waals surface area contributed by atoms with E-state index in [4.69, 9.17) is 4.74 Å². The van der Waals surface area contributed by atoms with E-state index in [1.807, 2.05) is 11.9 Å². The van der Waals surface area contributed by atoms with Gasteiger partial charge < -0.3 is 9.64 Å². The van der Waals surface area contributed by atoms with Gasteiger partial charge in [0.05, 0.1) is 19.1 Å². The molecule has 1 heterocycles. The van der Waals surface area contributed by atoms with Crippen LogP contribution in [0.5, 0.6) is 0 Å². The molecule has 2 aliphatic rings. The van der Waals surface area contributed by atoms with E-state index in [0.717, 1.165) is 18.4 Å². The minimum absolute atomic E-state index is 0. The lowest BCUT2D eigenvalue weighted by molar-refractivity contribution is -0.143. The van der Waals surface area contributed by atoms with Crippen molar-refractivity contribution < 1.29 is 23.5 Å². The second-order valence-corrected chi connectivity index (χ2v) is 10.4. The van der Waals surface area contributed by atoms with Gasteiger partial charge in [-0.15, -0.1) is 24.8 Å². The van der Waals surface area contributed by atoms with E-state index < -0.39 is 6.04 Å². The maximum absolute atomic E-state index is 14.8. The number of Topliss-reactive ketones (excluding diaryl/α,β-unsaturated/α-hetero) is 1. The molecule has 1 aromatic rings. The van der Waals surface area contributed by atoms with Crippen molar-refractivity contribution in [3.05, 3.63) is 47.3 Å². The zero-order chi connectivity index (χ0) is 24.7. The van der Waals surface area contributed by atoms with Crippen LogP contribution in [-0.2, 0) is 19.1 Å². The van der Waals surface area contributed by atoms with Crippen LogP contribution in [0, 0.1) is 11.7 Å². The fourth-order valence-electron chi connectivity index (χ4n) is 4.33. The molecule has 3 rings (SSSR count). The van der Waals surface area contributed by atoms with E-state index in [2.05, 4.69) is 11.0 Å². The summed E-state index contributed by atoms with van der Waals surface area (Å²) in [5, 5.41) is 0.0873. The molecule has 2 fully saturated rings. The lowest BCUT2D eigenvalue weighted by Gasteiger charge is -2.38. The SMILES string of the molecule is CCOC(=O)CCN(C)CC=C1CN(C(C(=O)C2CC2)c2ccccc2F)CCC1SC(C)=O.Cl.Cl. The number of ketones is 1. The van der Waals surface area contributed by atoms with Crippen molar-refractivity contribution in [3.8, 4) is 0 Å². The molecule has 1 aliphatic carbocycles. The monoisotopic (exact) mass is 562 g/mol. The molecule has 0 bridgehead atoms. The Morgan fingerprint density at radius 2 is 1.92 bits per heavy atom. The van der Waals surface area contributed by atoms with Crippen LogP contribution in [0.2, 0.25) is 0 Å². The molecular formula is C26H37Cl2FN2O4S. The van der Waals surface area contributed by atoms with E-state index in [1.54, 1.807) is 32.0 Å². The Bertz CT molecular complexity index is 929. The normalized spacial score (nSPS) is 19.8. The number of esters is 1. The van der Waals surface area contributed by atoms with Crippen LogP contribution in [0.1, 0.15) is 51.1 Å². The number of likely N-dealkylation sites (tertiary alicyclic amines) is 1. The van der Waals surface area contributed by atoms with Crippen molar-refractivity contribution in [1.82, 2.24) is 9.80 Å². The molecule has 0 amide bonds. The second-order valence-electron chi connectivity index (χ2n) is 9.05. The topological polar surface area (TPSA) is 66.9 Å². The maximum Gasteiger partial charge on any atom is 0.307 e. The van der Waals surface area contributed by atoms with Crippen LogP contribution in [0.3, 0.4) is 0 Å². The number of piperidine rings is 1. The summed E-state index contributed by atoms with van der Waals surface area (Å²) in [5.41, 5.74) is 1.50. The van der Waals surface area contributed by atoms with Gasteiger partial charge in [-0.05, 0) is 44.9 Å². The lowest BCUT2D eigenvalue weighted by atomic mass is 9.93. The number of rotatable bonds is 11. The summed E-state index contributed by atoms with van der Waals surface area (Å²) in [4.78, 5) is 40.9. The van der Waals surface area contributed by atoms with Crippen LogP contribution in [0.25, 0.3) is 0 Å². The fraction of sp³-hybridized carbons (Fsp3) is 0.577. The Hall–Kier alpha value is -1.45. The van der Waals surface area contributed by atoms with Gasteiger partial charge in [0.15, 0.2) is 10.9 Å². The highest BCUT2D eigenvalue weighted by atomic mass is 35.5. The van der Waals surface area contributed by atoms with Crippen molar-refractivity contribution >= 4 is 53.4 Å². The Balaban J connectivity index is 0.00000324. The number of hydrogen-bond acceptors (Lipinski definition) is 7. The Kier molecular flexibility index (Phi) is 14.2. The molecule has 202 valence electrons. The Morgan fingerprint density at radius 3 is 2.53 bits per heavy atom. The van der Waals surface area contributed by atoms with Gasteiger partial charge in [0.1, 0.15) is 5.82 Å². The van der Waals surface area contributed by atoms with E-state index in [1.165, 1.54) is 17.8 Å². The molecule has 36 heavy (non-hydrogen) atoms. The van der Waals surface area contributed by atoms with E-state index in [0.29, 0.717) is 51.2 Å². The average molecular weight is 564 g/mol. The number of likely N-dealkylation sites (N-methyl/N-ethyl adjacent to an activating group) is 1. The van der Waals surface area contributed by atoms with Gasteiger partial charge in [-0.2, -0.15) is 0 Å². The maximum atomic E-state index is 14.8. The van der Waals surface area contributed by atoms with E-state index in [-0.39, 0.29) is 58.7 Å². The molecule has 0 spiro atoms. The van der Waals surface area contributed by atoms with Crippen LogP contribution < -0.4 is 0 Å². The highest BCUT2D eigenvalue weighted by Crippen LogP contribution is 2.40. The van der Waals surface area contributed by atoms with E-state index >= 15 is 0 Å². The van der Waals surface area contributed by atoms with Gasteiger partial charge in [-0.25, -0.2) is 4.39 Å². The highest BCUT2D eigenvalue weighted by Gasteiger charge is 2.41.